The molecule has 1 aliphatic heterocycles. The predicted octanol–water partition coefficient (Wildman–Crippen LogP) is 2.18. The van der Waals surface area contributed by atoms with E-state index in [-0.39, 0.29) is 0 Å². The van der Waals surface area contributed by atoms with Crippen molar-refractivity contribution in [1.82, 2.24) is 4.57 Å². The molecule has 1 aromatic heterocycles. The van der Waals surface area contributed by atoms with Gasteiger partial charge in [-0.3, -0.25) is 0 Å². The predicted molar refractivity (Wildman–Crippen MR) is 48.4 cm³/mol. The van der Waals surface area contributed by atoms with E-state index in [0.29, 0.717) is 12.0 Å². The van der Waals surface area contributed by atoms with Gasteiger partial charge in [-0.1, -0.05) is 13.8 Å². The van der Waals surface area contributed by atoms with E-state index in [1.807, 2.05) is 0 Å². The van der Waals surface area contributed by atoms with Gasteiger partial charge in [0, 0.05) is 12.4 Å². The molecule has 0 spiro atoms. The molecule has 2 nitrogen and oxygen atoms in total. The first-order valence-corrected chi connectivity index (χ1v) is 4.52. The number of ether oxygens (including phenoxy) is 1. The van der Waals surface area contributed by atoms with Crippen LogP contribution in [0.15, 0.2) is 18.5 Å². The van der Waals surface area contributed by atoms with Crippen molar-refractivity contribution in [3.8, 4) is 0 Å². The van der Waals surface area contributed by atoms with Crippen LogP contribution in [0.25, 0.3) is 0 Å². The standard InChI is InChI=1S/C10H15NO/c1-8(2)9-3-4-11(5-9)10-6-12-7-10/h3-5,8,10H,6-7H2,1-2H3. The quantitative estimate of drug-likeness (QED) is 0.655. The third kappa shape index (κ3) is 1.27. The third-order valence-electron chi connectivity index (χ3n) is 2.45. The number of hydrogen-bond acceptors (Lipinski definition) is 1. The van der Waals surface area contributed by atoms with Crippen LogP contribution in [-0.2, 0) is 4.74 Å². The SMILES string of the molecule is CC(C)c1ccn(C2COC2)c1. The first kappa shape index (κ1) is 7.87. The summed E-state index contributed by atoms with van der Waals surface area (Å²) < 4.78 is 7.40. The van der Waals surface area contributed by atoms with E-state index in [2.05, 4.69) is 36.9 Å². The van der Waals surface area contributed by atoms with Gasteiger partial charge < -0.3 is 9.30 Å². The van der Waals surface area contributed by atoms with Gasteiger partial charge in [-0.25, -0.2) is 0 Å². The van der Waals surface area contributed by atoms with Crippen molar-refractivity contribution in [2.45, 2.75) is 25.8 Å². The van der Waals surface area contributed by atoms with Crippen LogP contribution in [0.2, 0.25) is 0 Å². The van der Waals surface area contributed by atoms with E-state index in [1.54, 1.807) is 0 Å². The molecule has 1 aromatic rings. The molecule has 0 atom stereocenters. The molecule has 1 fully saturated rings. The zero-order valence-corrected chi connectivity index (χ0v) is 7.66. The van der Waals surface area contributed by atoms with E-state index < -0.39 is 0 Å². The Morgan fingerprint density at radius 3 is 2.67 bits per heavy atom. The van der Waals surface area contributed by atoms with Gasteiger partial charge in [0.05, 0.1) is 19.3 Å². The lowest BCUT2D eigenvalue weighted by molar-refractivity contribution is -0.0232. The first-order chi connectivity index (χ1) is 5.77. The van der Waals surface area contributed by atoms with Gasteiger partial charge >= 0.3 is 0 Å². The van der Waals surface area contributed by atoms with E-state index >= 15 is 0 Å². The number of nitrogens with zero attached hydrogens (tertiary/aromatic N) is 1. The summed E-state index contributed by atoms with van der Waals surface area (Å²) in [6, 6.07) is 2.79. The molecular weight excluding hydrogens is 150 g/mol. The third-order valence-corrected chi connectivity index (χ3v) is 2.45. The average Bonchev–Trinajstić information content (AvgIpc) is 2.32. The van der Waals surface area contributed by atoms with Crippen molar-refractivity contribution in [3.05, 3.63) is 24.0 Å². The van der Waals surface area contributed by atoms with Crippen molar-refractivity contribution in [2.75, 3.05) is 13.2 Å². The summed E-state index contributed by atoms with van der Waals surface area (Å²) in [4.78, 5) is 0. The fourth-order valence-corrected chi connectivity index (χ4v) is 1.39. The molecule has 1 saturated heterocycles. The summed E-state index contributed by atoms with van der Waals surface area (Å²) in [7, 11) is 0. The summed E-state index contributed by atoms with van der Waals surface area (Å²) >= 11 is 0. The van der Waals surface area contributed by atoms with Gasteiger partial charge in [-0.2, -0.15) is 0 Å². The van der Waals surface area contributed by atoms with Gasteiger partial charge in [0.2, 0.25) is 0 Å². The van der Waals surface area contributed by atoms with Crippen molar-refractivity contribution in [3.63, 3.8) is 0 Å². The summed E-state index contributed by atoms with van der Waals surface area (Å²) in [5, 5.41) is 0. The van der Waals surface area contributed by atoms with E-state index in [9.17, 15) is 0 Å². The summed E-state index contributed by atoms with van der Waals surface area (Å²) in [5.41, 5.74) is 1.42. The van der Waals surface area contributed by atoms with Gasteiger partial charge in [-0.05, 0) is 17.5 Å². The van der Waals surface area contributed by atoms with E-state index in [4.69, 9.17) is 4.74 Å². The maximum atomic E-state index is 5.14. The molecule has 2 heteroatoms. The highest BCUT2D eigenvalue weighted by atomic mass is 16.5. The minimum atomic E-state index is 0.595. The Balaban J connectivity index is 2.12. The Morgan fingerprint density at radius 1 is 1.50 bits per heavy atom. The molecule has 0 saturated carbocycles. The molecule has 0 radical (unpaired) electrons. The van der Waals surface area contributed by atoms with Crippen LogP contribution in [-0.4, -0.2) is 17.8 Å². The summed E-state index contributed by atoms with van der Waals surface area (Å²) in [6.45, 7) is 6.20. The van der Waals surface area contributed by atoms with Gasteiger partial charge in [0.25, 0.3) is 0 Å². The molecule has 0 N–H and O–H groups in total. The Bertz CT molecular complexity index is 261. The normalized spacial score (nSPS) is 18.2. The second kappa shape index (κ2) is 2.94. The van der Waals surface area contributed by atoms with Crippen molar-refractivity contribution < 1.29 is 4.74 Å². The lowest BCUT2D eigenvalue weighted by atomic mass is 10.1. The van der Waals surface area contributed by atoms with Crippen LogP contribution in [0, 0.1) is 0 Å². The Labute approximate surface area is 73.1 Å². The maximum absolute atomic E-state index is 5.14. The topological polar surface area (TPSA) is 14.2 Å². The average molecular weight is 165 g/mol. The fourth-order valence-electron chi connectivity index (χ4n) is 1.39. The molecule has 0 bridgehead atoms. The zero-order valence-electron chi connectivity index (χ0n) is 7.66. The van der Waals surface area contributed by atoms with E-state index in [1.165, 1.54) is 5.56 Å². The molecule has 0 amide bonds. The molecule has 2 heterocycles. The van der Waals surface area contributed by atoms with Gasteiger partial charge in [0.1, 0.15) is 0 Å². The van der Waals surface area contributed by atoms with Crippen LogP contribution >= 0.6 is 0 Å². The Hall–Kier alpha value is -0.760. The first-order valence-electron chi connectivity index (χ1n) is 4.52. The molecule has 0 unspecified atom stereocenters. The van der Waals surface area contributed by atoms with Crippen LogP contribution in [0.1, 0.15) is 31.4 Å². The molecule has 0 aromatic carbocycles. The lowest BCUT2D eigenvalue weighted by Gasteiger charge is -2.27. The molecule has 1 aliphatic rings. The van der Waals surface area contributed by atoms with Crippen molar-refractivity contribution in [1.29, 1.82) is 0 Å². The highest BCUT2D eigenvalue weighted by Gasteiger charge is 2.19. The molecule has 2 rings (SSSR count). The zero-order chi connectivity index (χ0) is 8.55. The number of hydrogen-bond donors (Lipinski definition) is 0. The fraction of sp³-hybridized carbons (Fsp3) is 0.600. The highest BCUT2D eigenvalue weighted by Crippen LogP contribution is 2.21. The maximum Gasteiger partial charge on any atom is 0.0797 e. The monoisotopic (exact) mass is 165 g/mol. The van der Waals surface area contributed by atoms with Gasteiger partial charge in [0.15, 0.2) is 0 Å². The van der Waals surface area contributed by atoms with Crippen LogP contribution in [0.5, 0.6) is 0 Å². The summed E-state index contributed by atoms with van der Waals surface area (Å²) in [5.74, 6) is 0.632. The lowest BCUT2D eigenvalue weighted by Crippen LogP contribution is -2.29. The van der Waals surface area contributed by atoms with Gasteiger partial charge in [-0.15, -0.1) is 0 Å². The van der Waals surface area contributed by atoms with Crippen LogP contribution < -0.4 is 0 Å². The minimum Gasteiger partial charge on any atom is -0.377 e. The molecule has 0 aliphatic carbocycles. The number of rotatable bonds is 2. The molecular formula is C10H15NO. The van der Waals surface area contributed by atoms with Crippen LogP contribution in [0.3, 0.4) is 0 Å². The number of aromatic nitrogens is 1. The van der Waals surface area contributed by atoms with E-state index in [0.717, 1.165) is 13.2 Å². The summed E-state index contributed by atoms with van der Waals surface area (Å²) in [6.07, 6.45) is 4.39. The Morgan fingerprint density at radius 2 is 2.25 bits per heavy atom. The smallest absolute Gasteiger partial charge is 0.0797 e. The Kier molecular flexibility index (Phi) is 1.93. The highest BCUT2D eigenvalue weighted by molar-refractivity contribution is 5.15. The second-order valence-corrected chi connectivity index (χ2v) is 3.74. The second-order valence-electron chi connectivity index (χ2n) is 3.74. The minimum absolute atomic E-state index is 0.595. The van der Waals surface area contributed by atoms with Crippen LogP contribution in [0.4, 0.5) is 0 Å². The molecule has 66 valence electrons. The van der Waals surface area contributed by atoms with Crippen molar-refractivity contribution in [2.24, 2.45) is 0 Å². The largest absolute Gasteiger partial charge is 0.377 e. The van der Waals surface area contributed by atoms with Crippen molar-refractivity contribution >= 4 is 0 Å². The molecule has 12 heavy (non-hydrogen) atoms.